The highest BCUT2D eigenvalue weighted by molar-refractivity contribution is 5.89. The molecule has 2 aromatic carbocycles. The summed E-state index contributed by atoms with van der Waals surface area (Å²) in [6.07, 6.45) is 0. The summed E-state index contributed by atoms with van der Waals surface area (Å²) >= 11 is 0. The van der Waals surface area contributed by atoms with Crippen molar-refractivity contribution in [2.45, 2.75) is 26.4 Å². The molecule has 0 unspecified atom stereocenters. The van der Waals surface area contributed by atoms with Gasteiger partial charge in [-0.1, -0.05) is 18.2 Å². The molecule has 0 bridgehead atoms. The van der Waals surface area contributed by atoms with E-state index in [1.54, 1.807) is 36.4 Å². The van der Waals surface area contributed by atoms with E-state index in [2.05, 4.69) is 4.98 Å². The number of rotatable bonds is 4. The first-order chi connectivity index (χ1) is 12.1. The van der Waals surface area contributed by atoms with Gasteiger partial charge in [0.25, 0.3) is 0 Å². The molecule has 4 rings (SSSR count). The summed E-state index contributed by atoms with van der Waals surface area (Å²) in [4.78, 5) is 16.4. The van der Waals surface area contributed by atoms with Crippen LogP contribution in [0.5, 0.6) is 0 Å². The van der Waals surface area contributed by atoms with E-state index in [-0.39, 0.29) is 12.4 Å². The molecule has 25 heavy (non-hydrogen) atoms. The standard InChI is InChI=1S/C18H14F2N2O3/c19-18(20)22-15-4-2-1-3-14(15)21-16(22)10-25-17(23)11-5-6-12-8-24-9-13(12)7-11/h1-7,18H,8-10H2. The maximum absolute atomic E-state index is 13.4. The minimum absolute atomic E-state index is 0.00837. The fraction of sp³-hybridized carbons (Fsp3) is 0.222. The molecule has 0 spiro atoms. The number of nitrogens with zero attached hydrogens (tertiary/aromatic N) is 2. The number of halogens is 2. The number of aromatic nitrogens is 2. The summed E-state index contributed by atoms with van der Waals surface area (Å²) in [6, 6.07) is 11.7. The molecular formula is C18H14F2N2O3. The zero-order chi connectivity index (χ0) is 17.4. The number of carbonyl (C=O) groups is 1. The van der Waals surface area contributed by atoms with Crippen molar-refractivity contribution in [3.8, 4) is 0 Å². The molecule has 1 aliphatic heterocycles. The number of carbonyl (C=O) groups excluding carboxylic acids is 1. The number of para-hydroxylation sites is 2. The van der Waals surface area contributed by atoms with E-state index >= 15 is 0 Å². The van der Waals surface area contributed by atoms with E-state index in [0.717, 1.165) is 15.7 Å². The highest BCUT2D eigenvalue weighted by Crippen LogP contribution is 2.24. The van der Waals surface area contributed by atoms with Crippen LogP contribution in [-0.2, 0) is 29.3 Å². The molecule has 0 fully saturated rings. The third kappa shape index (κ3) is 2.87. The third-order valence-corrected chi connectivity index (χ3v) is 4.15. The first kappa shape index (κ1) is 15.7. The first-order valence-electron chi connectivity index (χ1n) is 7.74. The lowest BCUT2D eigenvalue weighted by atomic mass is 10.1. The lowest BCUT2D eigenvalue weighted by molar-refractivity contribution is 0.0387. The van der Waals surface area contributed by atoms with Crippen molar-refractivity contribution in [2.24, 2.45) is 0 Å². The van der Waals surface area contributed by atoms with Crippen LogP contribution < -0.4 is 0 Å². The van der Waals surface area contributed by atoms with Crippen molar-refractivity contribution in [2.75, 3.05) is 0 Å². The molecule has 0 radical (unpaired) electrons. The van der Waals surface area contributed by atoms with Gasteiger partial charge in [0.1, 0.15) is 6.61 Å². The number of esters is 1. The Morgan fingerprint density at radius 1 is 1.20 bits per heavy atom. The van der Waals surface area contributed by atoms with Gasteiger partial charge >= 0.3 is 12.5 Å². The molecule has 0 N–H and O–H groups in total. The van der Waals surface area contributed by atoms with E-state index in [1.807, 2.05) is 6.07 Å². The number of fused-ring (bicyclic) bond motifs is 2. The molecule has 7 heteroatoms. The van der Waals surface area contributed by atoms with E-state index in [0.29, 0.717) is 29.8 Å². The Kier molecular flexibility index (Phi) is 3.93. The van der Waals surface area contributed by atoms with Gasteiger partial charge in [0, 0.05) is 0 Å². The topological polar surface area (TPSA) is 53.3 Å². The van der Waals surface area contributed by atoms with Crippen LogP contribution in [0.3, 0.4) is 0 Å². The van der Waals surface area contributed by atoms with E-state index in [1.165, 1.54) is 0 Å². The van der Waals surface area contributed by atoms with Crippen molar-refractivity contribution in [1.29, 1.82) is 0 Å². The monoisotopic (exact) mass is 344 g/mol. The SMILES string of the molecule is O=C(OCc1nc2ccccc2n1C(F)F)c1ccc2c(c1)COC2. The summed E-state index contributed by atoms with van der Waals surface area (Å²) in [6.45, 7) is -2.11. The average molecular weight is 344 g/mol. The Balaban J connectivity index is 1.56. The van der Waals surface area contributed by atoms with Gasteiger partial charge in [-0.2, -0.15) is 8.78 Å². The van der Waals surface area contributed by atoms with Crippen LogP contribution in [0, 0.1) is 0 Å². The highest BCUT2D eigenvalue weighted by atomic mass is 19.3. The van der Waals surface area contributed by atoms with Crippen molar-refractivity contribution in [1.82, 2.24) is 9.55 Å². The van der Waals surface area contributed by atoms with Gasteiger partial charge in [0.2, 0.25) is 0 Å². The van der Waals surface area contributed by atoms with Crippen LogP contribution in [0.4, 0.5) is 8.78 Å². The molecule has 2 heterocycles. The number of imidazole rings is 1. The van der Waals surface area contributed by atoms with E-state index in [4.69, 9.17) is 9.47 Å². The number of hydrogen-bond donors (Lipinski definition) is 0. The van der Waals surface area contributed by atoms with Gasteiger partial charge in [-0.15, -0.1) is 0 Å². The highest BCUT2D eigenvalue weighted by Gasteiger charge is 2.20. The molecule has 3 aromatic rings. The van der Waals surface area contributed by atoms with Crippen molar-refractivity contribution < 1.29 is 23.0 Å². The molecule has 5 nitrogen and oxygen atoms in total. The van der Waals surface area contributed by atoms with Crippen molar-refractivity contribution >= 4 is 17.0 Å². The molecular weight excluding hydrogens is 330 g/mol. The zero-order valence-corrected chi connectivity index (χ0v) is 13.1. The largest absolute Gasteiger partial charge is 0.454 e. The predicted octanol–water partition coefficient (Wildman–Crippen LogP) is 3.82. The zero-order valence-electron chi connectivity index (χ0n) is 13.1. The Labute approximate surface area is 141 Å². The maximum Gasteiger partial charge on any atom is 0.338 e. The smallest absolute Gasteiger partial charge is 0.338 e. The molecule has 0 aliphatic carbocycles. The first-order valence-corrected chi connectivity index (χ1v) is 7.74. The summed E-state index contributed by atoms with van der Waals surface area (Å²) in [7, 11) is 0. The number of alkyl halides is 2. The second-order valence-electron chi connectivity index (χ2n) is 5.72. The number of ether oxygens (including phenoxy) is 2. The second kappa shape index (κ2) is 6.25. The summed E-state index contributed by atoms with van der Waals surface area (Å²) in [5, 5.41) is 0. The van der Waals surface area contributed by atoms with Crippen LogP contribution in [0.15, 0.2) is 42.5 Å². The van der Waals surface area contributed by atoms with Crippen LogP contribution >= 0.6 is 0 Å². The third-order valence-electron chi connectivity index (χ3n) is 4.15. The molecule has 128 valence electrons. The van der Waals surface area contributed by atoms with Gasteiger partial charge in [-0.3, -0.25) is 4.57 Å². The van der Waals surface area contributed by atoms with Crippen LogP contribution in [0.1, 0.15) is 33.9 Å². The normalized spacial score (nSPS) is 13.4. The van der Waals surface area contributed by atoms with Crippen LogP contribution in [0.2, 0.25) is 0 Å². The summed E-state index contributed by atoms with van der Waals surface area (Å²) in [5.41, 5.74) is 3.08. The average Bonchev–Trinajstić information content (AvgIpc) is 3.22. The second-order valence-corrected chi connectivity index (χ2v) is 5.72. The lowest BCUT2D eigenvalue weighted by Gasteiger charge is -2.09. The lowest BCUT2D eigenvalue weighted by Crippen LogP contribution is -2.11. The molecule has 1 aromatic heterocycles. The van der Waals surface area contributed by atoms with Crippen LogP contribution in [-0.4, -0.2) is 15.5 Å². The van der Waals surface area contributed by atoms with Crippen molar-refractivity contribution in [3.05, 3.63) is 65.0 Å². The molecule has 0 amide bonds. The van der Waals surface area contributed by atoms with E-state index in [9.17, 15) is 13.6 Å². The fourth-order valence-electron chi connectivity index (χ4n) is 2.93. The van der Waals surface area contributed by atoms with Gasteiger partial charge in [-0.05, 0) is 35.4 Å². The number of benzene rings is 2. The Bertz CT molecular complexity index is 953. The van der Waals surface area contributed by atoms with Gasteiger partial charge in [0.05, 0.1) is 29.8 Å². The molecule has 0 atom stereocenters. The Hall–Kier alpha value is -2.80. The Morgan fingerprint density at radius 2 is 2.00 bits per heavy atom. The maximum atomic E-state index is 13.4. The van der Waals surface area contributed by atoms with Gasteiger partial charge < -0.3 is 9.47 Å². The van der Waals surface area contributed by atoms with Crippen LogP contribution in [0.25, 0.3) is 11.0 Å². The molecule has 1 aliphatic rings. The quantitative estimate of drug-likeness (QED) is 0.675. The minimum Gasteiger partial charge on any atom is -0.454 e. The van der Waals surface area contributed by atoms with Crippen molar-refractivity contribution in [3.63, 3.8) is 0 Å². The summed E-state index contributed by atoms with van der Waals surface area (Å²) < 4.78 is 38.0. The molecule has 0 saturated carbocycles. The number of hydrogen-bond acceptors (Lipinski definition) is 4. The van der Waals surface area contributed by atoms with Gasteiger partial charge in [0.15, 0.2) is 5.82 Å². The Morgan fingerprint density at radius 3 is 2.84 bits per heavy atom. The van der Waals surface area contributed by atoms with E-state index < -0.39 is 12.5 Å². The fourth-order valence-corrected chi connectivity index (χ4v) is 2.93. The summed E-state index contributed by atoms with van der Waals surface area (Å²) in [5.74, 6) is -0.573. The molecule has 0 saturated heterocycles. The minimum atomic E-state index is -2.77. The van der Waals surface area contributed by atoms with Gasteiger partial charge in [-0.25, -0.2) is 9.78 Å². The predicted molar refractivity (Wildman–Crippen MR) is 85.0 cm³/mol.